The van der Waals surface area contributed by atoms with Crippen LogP contribution in [0.15, 0.2) is 127 Å². The van der Waals surface area contributed by atoms with Crippen LogP contribution in [-0.4, -0.2) is 55.7 Å². The van der Waals surface area contributed by atoms with Gasteiger partial charge < -0.3 is 35.4 Å². The van der Waals surface area contributed by atoms with E-state index in [0.717, 1.165) is 0 Å². The van der Waals surface area contributed by atoms with Gasteiger partial charge in [-0.3, -0.25) is 0 Å². The van der Waals surface area contributed by atoms with Crippen LogP contribution in [-0.2, 0) is 9.37 Å². The smallest absolute Gasteiger partial charge is 0.335 e. The Balaban J connectivity index is 1.25. The fourth-order valence-corrected chi connectivity index (χ4v) is 5.71. The van der Waals surface area contributed by atoms with Gasteiger partial charge in [0.2, 0.25) is 11.9 Å². The first-order valence-electron chi connectivity index (χ1n) is 16.6. The zero-order chi connectivity index (χ0) is 41.2. The molecule has 0 aliphatic heterocycles. The van der Waals surface area contributed by atoms with Gasteiger partial charge in [-0.25, -0.2) is 10.1 Å². The van der Waals surface area contributed by atoms with Crippen LogP contribution in [0.5, 0.6) is 23.3 Å². The highest BCUT2D eigenvalue weighted by atomic mass is 32.2. The molecule has 0 saturated carbocycles. The maximum Gasteiger partial charge on any atom is 0.335 e. The van der Waals surface area contributed by atoms with Gasteiger partial charge in [0.05, 0.1) is 53.8 Å². The Hall–Kier alpha value is -7.59. The molecule has 20 nitrogen and oxygen atoms in total. The Morgan fingerprint density at radius 3 is 2.09 bits per heavy atom. The number of aryl methyl sites for hydroxylation is 1. The number of carboxylic acid groups (broad SMARTS) is 1. The Labute approximate surface area is 332 Å². The number of aromatic carboxylic acids is 1. The molecule has 0 saturated heterocycles. The molecule has 1 aromatic heterocycles. The van der Waals surface area contributed by atoms with E-state index in [1.54, 1.807) is 61.5 Å². The van der Waals surface area contributed by atoms with E-state index in [-0.39, 0.29) is 33.8 Å². The highest BCUT2D eigenvalue weighted by Crippen LogP contribution is 2.46. The number of benzene rings is 5. The van der Waals surface area contributed by atoms with Crippen molar-refractivity contribution in [1.82, 2.24) is 15.0 Å². The molecule has 6 aromatic rings. The minimum Gasteiger partial charge on any atom is -0.505 e. The number of hydrogen-bond donors (Lipinski definition) is 6. The normalized spacial score (nSPS) is 11.4. The van der Waals surface area contributed by atoms with Crippen LogP contribution in [0.2, 0.25) is 0 Å². The molecule has 0 spiro atoms. The number of hydrogen-bond acceptors (Lipinski definition) is 20. The summed E-state index contributed by atoms with van der Waals surface area (Å²) in [6.45, 7) is 5.35. The molecule has 0 amide bonds. The van der Waals surface area contributed by atoms with Crippen LogP contribution in [0, 0.1) is 6.92 Å². The van der Waals surface area contributed by atoms with Crippen LogP contribution in [0.25, 0.3) is 10.8 Å². The summed E-state index contributed by atoms with van der Waals surface area (Å²) in [6, 6.07) is 20.2. The van der Waals surface area contributed by atoms with Gasteiger partial charge in [0.1, 0.15) is 28.6 Å². The summed E-state index contributed by atoms with van der Waals surface area (Å²) in [5, 5.41) is 75.5. The van der Waals surface area contributed by atoms with E-state index in [4.69, 9.17) is 24.2 Å². The van der Waals surface area contributed by atoms with Gasteiger partial charge >= 0.3 is 12.0 Å². The van der Waals surface area contributed by atoms with Gasteiger partial charge in [-0.05, 0) is 73.3 Å². The Bertz CT molecular complexity index is 2590. The molecule has 6 rings (SSSR count). The second-order valence-electron chi connectivity index (χ2n) is 11.6. The standard InChI is InChI=1S/C37H31N11O9S/c1-5-38-35-40-36(42-37(52)41-35)39-26-8-6-7-23-24(26)16-31(58-57-56-53)32(33(23)49)48-44-22-13-14-25(19(2)15-22)45-47-28-18-29(54-3)27(17-30(28)55-4)46-43-21-11-9-20(10-12-21)34(50)51/h5-18,49,53H,1H2,2-4H3,(H,50,51)(H3,38,39,40,41,42,52). The van der Waals surface area contributed by atoms with Gasteiger partial charge in [-0.2, -0.15) is 30.3 Å². The fraction of sp³-hybridized carbons (Fsp3) is 0.0811. The number of phenols is 1. The summed E-state index contributed by atoms with van der Waals surface area (Å²) < 4.78 is 15.7. The summed E-state index contributed by atoms with van der Waals surface area (Å²) >= 11 is 0.565. The lowest BCUT2D eigenvalue weighted by Gasteiger charge is -2.13. The first kappa shape index (κ1) is 40.1. The molecule has 0 unspecified atom stereocenters. The predicted octanol–water partition coefficient (Wildman–Crippen LogP) is 10.4. The molecule has 21 heteroatoms. The number of fused-ring (bicyclic) bond motifs is 1. The Morgan fingerprint density at radius 1 is 0.776 bits per heavy atom. The van der Waals surface area contributed by atoms with Crippen molar-refractivity contribution in [3.8, 4) is 23.3 Å². The first-order chi connectivity index (χ1) is 28.1. The number of aromatic hydroxyl groups is 2. The molecular weight excluding hydrogens is 775 g/mol. The molecule has 0 atom stereocenters. The van der Waals surface area contributed by atoms with E-state index in [1.165, 1.54) is 44.7 Å². The topological polar surface area (TPSA) is 272 Å². The van der Waals surface area contributed by atoms with Gasteiger partial charge in [-0.1, -0.05) is 23.7 Å². The van der Waals surface area contributed by atoms with Crippen molar-refractivity contribution in [3.63, 3.8) is 0 Å². The largest absolute Gasteiger partial charge is 0.505 e. The highest BCUT2D eigenvalue weighted by molar-refractivity contribution is 7.94. The summed E-state index contributed by atoms with van der Waals surface area (Å²) in [6.07, 6.45) is 1.34. The SMILES string of the molecule is C=CNc1nc(O)nc(Nc2cccc3c(O)c(N=Nc4ccc(N=Nc5cc(OC)c(N=Nc6ccc(C(=O)O)cc6)cc5OC)c(C)c4)c(SOOO)cc23)n1. The monoisotopic (exact) mass is 805 g/mol. The van der Waals surface area contributed by atoms with Crippen molar-refractivity contribution in [2.45, 2.75) is 11.8 Å². The summed E-state index contributed by atoms with van der Waals surface area (Å²) in [4.78, 5) is 23.2. The summed E-state index contributed by atoms with van der Waals surface area (Å²) in [5.74, 6) is -0.598. The minimum atomic E-state index is -1.05. The number of rotatable bonds is 16. The van der Waals surface area contributed by atoms with E-state index in [0.29, 0.717) is 74.0 Å². The van der Waals surface area contributed by atoms with E-state index in [9.17, 15) is 15.0 Å². The molecule has 6 N–H and O–H groups in total. The molecular formula is C37H31N11O9S. The van der Waals surface area contributed by atoms with E-state index >= 15 is 0 Å². The van der Waals surface area contributed by atoms with Crippen LogP contribution in [0.1, 0.15) is 15.9 Å². The van der Waals surface area contributed by atoms with Gasteiger partial charge in [0.15, 0.2) is 5.75 Å². The number of phenolic OH excluding ortho intramolecular Hbond substituents is 1. The van der Waals surface area contributed by atoms with Crippen LogP contribution < -0.4 is 20.1 Å². The number of ether oxygens (including phenoxy) is 2. The second-order valence-corrected chi connectivity index (χ2v) is 12.3. The van der Waals surface area contributed by atoms with Crippen LogP contribution in [0.4, 0.5) is 51.7 Å². The summed E-state index contributed by atoms with van der Waals surface area (Å²) in [5.41, 5.74) is 3.28. The predicted molar refractivity (Wildman–Crippen MR) is 212 cm³/mol. The lowest BCUT2D eigenvalue weighted by atomic mass is 10.1. The van der Waals surface area contributed by atoms with E-state index < -0.39 is 12.0 Å². The molecule has 0 aliphatic rings. The van der Waals surface area contributed by atoms with Crippen molar-refractivity contribution >= 4 is 80.5 Å². The van der Waals surface area contributed by atoms with Crippen LogP contribution >= 0.6 is 12.0 Å². The zero-order valence-electron chi connectivity index (χ0n) is 30.6. The lowest BCUT2D eigenvalue weighted by Crippen LogP contribution is -2.03. The molecule has 0 radical (unpaired) electrons. The second kappa shape index (κ2) is 18.4. The van der Waals surface area contributed by atoms with Crippen molar-refractivity contribution in [2.24, 2.45) is 30.7 Å². The minimum absolute atomic E-state index is 0.00325. The molecule has 0 aliphatic carbocycles. The Morgan fingerprint density at radius 2 is 1.43 bits per heavy atom. The maximum atomic E-state index is 11.4. The van der Waals surface area contributed by atoms with E-state index in [1.807, 2.05) is 0 Å². The van der Waals surface area contributed by atoms with Crippen molar-refractivity contribution in [1.29, 1.82) is 0 Å². The molecule has 294 valence electrons. The van der Waals surface area contributed by atoms with Crippen molar-refractivity contribution in [2.75, 3.05) is 24.9 Å². The summed E-state index contributed by atoms with van der Waals surface area (Å²) in [7, 11) is 2.93. The molecule has 1 heterocycles. The van der Waals surface area contributed by atoms with E-state index in [2.05, 4.69) is 67.9 Å². The molecule has 5 aromatic carbocycles. The molecule has 0 bridgehead atoms. The van der Waals surface area contributed by atoms with Crippen LogP contribution in [0.3, 0.4) is 0 Å². The lowest BCUT2D eigenvalue weighted by molar-refractivity contribution is -0.432. The number of carbonyl (C=O) groups is 1. The average Bonchev–Trinajstić information content (AvgIpc) is 3.21. The third kappa shape index (κ3) is 9.43. The number of anilines is 3. The Kier molecular flexibility index (Phi) is 12.7. The third-order valence-corrected chi connectivity index (χ3v) is 8.55. The number of aromatic nitrogens is 3. The van der Waals surface area contributed by atoms with Gasteiger partial charge in [-0.15, -0.1) is 19.7 Å². The number of carboxylic acids is 1. The maximum absolute atomic E-state index is 11.4. The van der Waals surface area contributed by atoms with Crippen molar-refractivity contribution in [3.05, 3.63) is 103 Å². The fourth-order valence-electron chi connectivity index (χ4n) is 5.22. The quantitative estimate of drug-likeness (QED) is 0.0230. The number of azo groups is 3. The first-order valence-corrected chi connectivity index (χ1v) is 17.3. The average molecular weight is 806 g/mol. The molecule has 58 heavy (non-hydrogen) atoms. The number of nitrogens with zero attached hydrogens (tertiary/aromatic N) is 9. The van der Waals surface area contributed by atoms with Gasteiger partial charge in [0.25, 0.3) is 0 Å². The van der Waals surface area contributed by atoms with Crippen molar-refractivity contribution < 1.29 is 44.2 Å². The number of nitrogens with one attached hydrogen (secondary N) is 2. The zero-order valence-corrected chi connectivity index (χ0v) is 31.4. The van der Waals surface area contributed by atoms with Gasteiger partial charge in [0, 0.05) is 28.6 Å². The third-order valence-electron chi connectivity index (χ3n) is 7.93. The number of methoxy groups -OCH3 is 2. The highest BCUT2D eigenvalue weighted by Gasteiger charge is 2.18. The molecule has 0 fully saturated rings.